The van der Waals surface area contributed by atoms with Crippen molar-refractivity contribution >= 4 is 0 Å². The molecule has 0 aliphatic heterocycles. The molecule has 0 saturated carbocycles. The van der Waals surface area contributed by atoms with Crippen LogP contribution in [0.1, 0.15) is 51.2 Å². The number of aromatic nitrogens is 12. The number of rotatable bonds is 9. The lowest BCUT2D eigenvalue weighted by molar-refractivity contribution is 1.07. The highest BCUT2D eigenvalue weighted by Crippen LogP contribution is 2.33. The first-order valence-corrected chi connectivity index (χ1v) is 22.7. The Kier molecular flexibility index (Phi) is 11.7. The Morgan fingerprint density at radius 3 is 0.652 bits per heavy atom. The second kappa shape index (κ2) is 18.2. The van der Waals surface area contributed by atoms with Crippen LogP contribution in [0.3, 0.4) is 0 Å². The van der Waals surface area contributed by atoms with Gasteiger partial charge in [-0.2, -0.15) is 0 Å². The molecule has 0 amide bonds. The second-order valence-electron chi connectivity index (χ2n) is 17.7. The lowest BCUT2D eigenvalue weighted by Gasteiger charge is -2.12. The van der Waals surface area contributed by atoms with Crippen LogP contribution >= 0.6 is 0 Å². The fraction of sp³-hybridized carbons (Fsp3) is 0.158. The van der Waals surface area contributed by atoms with Gasteiger partial charge in [0.05, 0.1) is 34.2 Å². The monoisotopic (exact) mass is 900 g/mol. The molecule has 10 aromatic rings. The van der Waals surface area contributed by atoms with Gasteiger partial charge in [-0.05, 0) is 205 Å². The molecule has 0 bridgehead atoms. The zero-order valence-corrected chi connectivity index (χ0v) is 40.0. The molecule has 0 N–H and O–H groups in total. The molecule has 10 aromatic heterocycles. The molecule has 12 heteroatoms. The van der Waals surface area contributed by atoms with E-state index >= 15 is 0 Å². The molecular weight excluding hydrogens is 853 g/mol. The molecule has 10 heterocycles. The van der Waals surface area contributed by atoms with Crippen molar-refractivity contribution in [3.05, 3.63) is 179 Å². The van der Waals surface area contributed by atoms with Crippen molar-refractivity contribution in [1.29, 1.82) is 0 Å². The Bertz CT molecular complexity index is 3190. The molecule has 10 rings (SSSR count). The van der Waals surface area contributed by atoms with Crippen molar-refractivity contribution in [2.45, 2.75) is 62.3 Å². The molecule has 0 aromatic carbocycles. The summed E-state index contributed by atoms with van der Waals surface area (Å²) in [6, 6.07) is 36.7. The van der Waals surface area contributed by atoms with Crippen LogP contribution in [-0.2, 0) is 0 Å². The van der Waals surface area contributed by atoms with Crippen LogP contribution in [-0.4, -0.2) is 59.8 Å². The van der Waals surface area contributed by atoms with Crippen molar-refractivity contribution < 1.29 is 0 Å². The summed E-state index contributed by atoms with van der Waals surface area (Å²) in [5, 5.41) is 0. The van der Waals surface area contributed by atoms with Crippen molar-refractivity contribution in [2.75, 3.05) is 0 Å². The first-order chi connectivity index (χ1) is 33.2. The predicted molar refractivity (Wildman–Crippen MR) is 272 cm³/mol. The van der Waals surface area contributed by atoms with E-state index in [1.165, 1.54) is 0 Å². The minimum absolute atomic E-state index is 0.461. The Morgan fingerprint density at radius 1 is 0.203 bits per heavy atom. The van der Waals surface area contributed by atoms with Gasteiger partial charge in [-0.3, -0.25) is 44.9 Å². The van der Waals surface area contributed by atoms with Gasteiger partial charge >= 0.3 is 0 Å². The highest BCUT2D eigenvalue weighted by molar-refractivity contribution is 5.77. The predicted octanol–water partition coefficient (Wildman–Crippen LogP) is 12.2. The molecule has 0 unspecified atom stereocenters. The second-order valence-corrected chi connectivity index (χ2v) is 17.7. The van der Waals surface area contributed by atoms with E-state index in [1.807, 2.05) is 98.7 Å². The standard InChI is InChI=1S/C57H48N12/c1-31-16-43(17-32(2)61-31)46-22-37(7)64-52(28-46)49-25-40(10-13-58-49)55-67-56(41-11-14-59-50(26-41)53-29-47(23-38(8)65-53)44-18-33(3)62-34(4)19-44)69-57(68-55)42-12-15-60-51(27-42)54-30-48(24-39(9)66-54)45-20-35(5)63-36(6)21-45/h10-30H,1-9H3. The van der Waals surface area contributed by atoms with Gasteiger partial charge in [0.1, 0.15) is 0 Å². The zero-order valence-electron chi connectivity index (χ0n) is 40.0. The fourth-order valence-electron chi connectivity index (χ4n) is 8.80. The molecule has 0 saturated heterocycles. The minimum atomic E-state index is 0.461. The largest absolute Gasteiger partial charge is 0.258 e. The van der Waals surface area contributed by atoms with Gasteiger partial charge in [-0.1, -0.05) is 0 Å². The first-order valence-electron chi connectivity index (χ1n) is 22.7. The zero-order chi connectivity index (χ0) is 47.9. The molecule has 0 radical (unpaired) electrons. The molecule has 336 valence electrons. The summed E-state index contributed by atoms with van der Waals surface area (Å²) in [5.74, 6) is 1.38. The maximum atomic E-state index is 5.16. The molecule has 0 spiro atoms. The Labute approximate surface area is 401 Å². The number of aryl methyl sites for hydroxylation is 9. The van der Waals surface area contributed by atoms with Crippen molar-refractivity contribution in [3.8, 4) is 102 Å². The number of nitrogens with zero attached hydrogens (tertiary/aromatic N) is 12. The first kappa shape index (κ1) is 44.2. The number of hydrogen-bond acceptors (Lipinski definition) is 12. The summed E-state index contributed by atoms with van der Waals surface area (Å²) in [6.45, 7) is 18.0. The number of pyridine rings is 9. The Hall–Kier alpha value is -8.64. The average molecular weight is 901 g/mol. The maximum Gasteiger partial charge on any atom is 0.164 e. The van der Waals surface area contributed by atoms with Crippen LogP contribution in [0.4, 0.5) is 0 Å². The SMILES string of the molecule is Cc1cc(-c2cc(C)nc(-c3cc(-c4nc(-c5ccnc(-c6cc(-c7cc(C)nc(C)c7)cc(C)n6)c5)nc(-c5ccnc(-c6cc(-c7cc(C)nc(C)c7)cc(C)n6)c5)n4)ccn3)c2)cc(C)n1. The summed E-state index contributed by atoms with van der Waals surface area (Å²) in [6.07, 6.45) is 5.31. The van der Waals surface area contributed by atoms with Crippen LogP contribution in [0.2, 0.25) is 0 Å². The topological polar surface area (TPSA) is 155 Å². The van der Waals surface area contributed by atoms with Gasteiger partial charge < -0.3 is 0 Å². The summed E-state index contributed by atoms with van der Waals surface area (Å²) < 4.78 is 0. The third-order valence-corrected chi connectivity index (χ3v) is 11.6. The molecular formula is C57H48N12. The lowest BCUT2D eigenvalue weighted by Crippen LogP contribution is -2.02. The van der Waals surface area contributed by atoms with Crippen molar-refractivity contribution in [1.82, 2.24) is 59.8 Å². The van der Waals surface area contributed by atoms with E-state index in [1.54, 1.807) is 18.6 Å². The van der Waals surface area contributed by atoms with Crippen molar-refractivity contribution in [3.63, 3.8) is 0 Å². The van der Waals surface area contributed by atoms with E-state index in [9.17, 15) is 0 Å². The van der Waals surface area contributed by atoms with Crippen LogP contribution < -0.4 is 0 Å². The summed E-state index contributed by atoms with van der Waals surface area (Å²) in [7, 11) is 0. The van der Waals surface area contributed by atoms with Gasteiger partial charge in [0.25, 0.3) is 0 Å². The summed E-state index contributed by atoms with van der Waals surface area (Å²) in [4.78, 5) is 58.5. The highest BCUT2D eigenvalue weighted by Gasteiger charge is 2.18. The van der Waals surface area contributed by atoms with E-state index in [0.29, 0.717) is 34.6 Å². The van der Waals surface area contributed by atoms with Gasteiger partial charge in [-0.15, -0.1) is 0 Å². The van der Waals surface area contributed by atoms with Crippen LogP contribution in [0, 0.1) is 62.3 Å². The Balaban J connectivity index is 1.10. The van der Waals surface area contributed by atoms with E-state index in [2.05, 4.69) is 87.7 Å². The average Bonchev–Trinajstić information content (AvgIpc) is 3.32. The molecule has 69 heavy (non-hydrogen) atoms. The van der Waals surface area contributed by atoms with Gasteiger partial charge in [0.2, 0.25) is 0 Å². The van der Waals surface area contributed by atoms with Gasteiger partial charge in [-0.25, -0.2) is 15.0 Å². The molecule has 0 aliphatic rings. The van der Waals surface area contributed by atoms with Gasteiger partial charge in [0, 0.05) is 86.5 Å². The maximum absolute atomic E-state index is 5.16. The third kappa shape index (κ3) is 9.77. The van der Waals surface area contributed by atoms with E-state index < -0.39 is 0 Å². The Morgan fingerprint density at radius 2 is 0.406 bits per heavy atom. The van der Waals surface area contributed by atoms with Crippen LogP contribution in [0.15, 0.2) is 128 Å². The van der Waals surface area contributed by atoms with Crippen LogP contribution in [0.25, 0.3) is 102 Å². The fourth-order valence-corrected chi connectivity index (χ4v) is 8.80. The van der Waals surface area contributed by atoms with E-state index in [-0.39, 0.29) is 0 Å². The van der Waals surface area contributed by atoms with Gasteiger partial charge in [0.15, 0.2) is 17.5 Å². The van der Waals surface area contributed by atoms with E-state index in [0.717, 1.165) is 118 Å². The van der Waals surface area contributed by atoms with E-state index in [4.69, 9.17) is 44.9 Å². The molecule has 0 fully saturated rings. The lowest BCUT2D eigenvalue weighted by atomic mass is 10.0. The molecule has 0 aliphatic carbocycles. The highest BCUT2D eigenvalue weighted by atomic mass is 15.0. The minimum Gasteiger partial charge on any atom is -0.258 e. The quantitative estimate of drug-likeness (QED) is 0.135. The van der Waals surface area contributed by atoms with Crippen molar-refractivity contribution in [2.24, 2.45) is 0 Å². The summed E-state index contributed by atoms with van der Waals surface area (Å²) >= 11 is 0. The smallest absolute Gasteiger partial charge is 0.164 e. The third-order valence-electron chi connectivity index (χ3n) is 11.6. The molecule has 0 atom stereocenters. The summed E-state index contributed by atoms with van der Waals surface area (Å²) in [5.41, 5.74) is 21.1. The molecule has 12 nitrogen and oxygen atoms in total. The van der Waals surface area contributed by atoms with Crippen LogP contribution in [0.5, 0.6) is 0 Å². The number of hydrogen-bond donors (Lipinski definition) is 0. The normalized spacial score (nSPS) is 11.3.